The summed E-state index contributed by atoms with van der Waals surface area (Å²) in [7, 11) is 0. The van der Waals surface area contributed by atoms with Gasteiger partial charge in [0.25, 0.3) is 0 Å². The normalized spacial score (nSPS) is 11.1. The predicted molar refractivity (Wildman–Crippen MR) is 63.8 cm³/mol. The first-order chi connectivity index (χ1) is 6.72. The van der Waals surface area contributed by atoms with Gasteiger partial charge in [0.1, 0.15) is 0 Å². The second kappa shape index (κ2) is 3.93. The second-order valence-electron chi connectivity index (χ2n) is 3.16. The number of rotatable bonds is 2. The average molecular weight is 274 g/mol. The molecule has 2 nitrogen and oxygen atoms in total. The fourth-order valence-electron chi connectivity index (χ4n) is 1.57. The van der Waals surface area contributed by atoms with Crippen LogP contribution in [0.5, 0.6) is 0 Å². The van der Waals surface area contributed by atoms with Crippen LogP contribution < -0.4 is 5.73 Å². The molecule has 1 heterocycles. The van der Waals surface area contributed by atoms with Crippen LogP contribution in [0, 0.1) is 0 Å². The SMILES string of the molecule is NCCc1c[nH]c2c(Cl)cc(Br)cc12. The molecule has 0 atom stereocenters. The molecule has 0 amide bonds. The molecule has 14 heavy (non-hydrogen) atoms. The first-order valence-electron chi connectivity index (χ1n) is 4.37. The summed E-state index contributed by atoms with van der Waals surface area (Å²) in [5.41, 5.74) is 7.73. The number of halogens is 2. The summed E-state index contributed by atoms with van der Waals surface area (Å²) in [6, 6.07) is 3.94. The quantitative estimate of drug-likeness (QED) is 0.867. The standard InChI is InChI=1S/C10H10BrClN2/c11-7-3-8-6(1-2-13)5-14-10(8)9(12)4-7/h3-5,14H,1-2,13H2. The van der Waals surface area contributed by atoms with Crippen molar-refractivity contribution in [2.24, 2.45) is 5.73 Å². The number of fused-ring (bicyclic) bond motifs is 1. The summed E-state index contributed by atoms with van der Waals surface area (Å²) in [6.45, 7) is 0.650. The summed E-state index contributed by atoms with van der Waals surface area (Å²) in [5.74, 6) is 0. The van der Waals surface area contributed by atoms with E-state index < -0.39 is 0 Å². The van der Waals surface area contributed by atoms with Crippen molar-refractivity contribution in [2.45, 2.75) is 6.42 Å². The van der Waals surface area contributed by atoms with Crippen LogP contribution in [0.3, 0.4) is 0 Å². The van der Waals surface area contributed by atoms with E-state index in [1.165, 1.54) is 5.56 Å². The molecule has 1 aromatic carbocycles. The maximum atomic E-state index is 6.08. The molecular formula is C10H10BrClN2. The van der Waals surface area contributed by atoms with Crippen molar-refractivity contribution in [2.75, 3.05) is 6.54 Å². The molecule has 0 saturated carbocycles. The van der Waals surface area contributed by atoms with Gasteiger partial charge in [0.05, 0.1) is 10.5 Å². The minimum atomic E-state index is 0.650. The number of aromatic amines is 1. The molecule has 0 spiro atoms. The molecule has 0 unspecified atom stereocenters. The van der Waals surface area contributed by atoms with E-state index in [4.69, 9.17) is 17.3 Å². The Morgan fingerprint density at radius 2 is 2.21 bits per heavy atom. The summed E-state index contributed by atoms with van der Waals surface area (Å²) in [5, 5.41) is 1.88. The lowest BCUT2D eigenvalue weighted by molar-refractivity contribution is 0.976. The van der Waals surface area contributed by atoms with E-state index in [2.05, 4.69) is 27.0 Å². The van der Waals surface area contributed by atoms with Gasteiger partial charge < -0.3 is 10.7 Å². The third-order valence-corrected chi connectivity index (χ3v) is 2.96. The second-order valence-corrected chi connectivity index (χ2v) is 4.49. The Morgan fingerprint density at radius 3 is 2.93 bits per heavy atom. The molecule has 0 bridgehead atoms. The van der Waals surface area contributed by atoms with Crippen molar-refractivity contribution in [3.05, 3.63) is 33.4 Å². The number of nitrogens with one attached hydrogen (secondary N) is 1. The summed E-state index contributed by atoms with van der Waals surface area (Å²) >= 11 is 9.51. The fraction of sp³-hybridized carbons (Fsp3) is 0.200. The van der Waals surface area contributed by atoms with Crippen molar-refractivity contribution in [3.63, 3.8) is 0 Å². The van der Waals surface area contributed by atoms with Gasteiger partial charge in [-0.2, -0.15) is 0 Å². The van der Waals surface area contributed by atoms with Gasteiger partial charge in [-0.3, -0.25) is 0 Å². The van der Waals surface area contributed by atoms with Crippen LogP contribution in [0.1, 0.15) is 5.56 Å². The van der Waals surface area contributed by atoms with Gasteiger partial charge in [0, 0.05) is 16.1 Å². The Hall–Kier alpha value is -0.510. The highest BCUT2D eigenvalue weighted by atomic mass is 79.9. The van der Waals surface area contributed by atoms with Gasteiger partial charge in [0.15, 0.2) is 0 Å². The topological polar surface area (TPSA) is 41.8 Å². The lowest BCUT2D eigenvalue weighted by Gasteiger charge is -1.98. The maximum absolute atomic E-state index is 6.08. The van der Waals surface area contributed by atoms with Gasteiger partial charge in [-0.05, 0) is 30.7 Å². The Kier molecular flexibility index (Phi) is 2.81. The zero-order chi connectivity index (χ0) is 10.1. The van der Waals surface area contributed by atoms with Crippen LogP contribution in [0.25, 0.3) is 10.9 Å². The highest BCUT2D eigenvalue weighted by molar-refractivity contribution is 9.10. The van der Waals surface area contributed by atoms with Crippen LogP contribution in [0.15, 0.2) is 22.8 Å². The van der Waals surface area contributed by atoms with Crippen molar-refractivity contribution in [1.29, 1.82) is 0 Å². The zero-order valence-corrected chi connectivity index (χ0v) is 9.82. The van der Waals surface area contributed by atoms with Gasteiger partial charge in [-0.25, -0.2) is 0 Å². The predicted octanol–water partition coefficient (Wildman–Crippen LogP) is 3.09. The van der Waals surface area contributed by atoms with Gasteiger partial charge in [-0.1, -0.05) is 27.5 Å². The smallest absolute Gasteiger partial charge is 0.0658 e. The first kappa shape index (κ1) is 10.0. The van der Waals surface area contributed by atoms with E-state index >= 15 is 0 Å². The number of benzene rings is 1. The third kappa shape index (κ3) is 1.67. The lowest BCUT2D eigenvalue weighted by atomic mass is 10.1. The molecule has 0 fully saturated rings. The van der Waals surface area contributed by atoms with E-state index in [9.17, 15) is 0 Å². The fourth-order valence-corrected chi connectivity index (χ4v) is 2.44. The Balaban J connectivity index is 2.66. The molecule has 0 aliphatic heterocycles. The third-order valence-electron chi connectivity index (χ3n) is 2.21. The van der Waals surface area contributed by atoms with Gasteiger partial charge in [0.2, 0.25) is 0 Å². The van der Waals surface area contributed by atoms with E-state index in [-0.39, 0.29) is 0 Å². The average Bonchev–Trinajstić information content (AvgIpc) is 2.49. The molecular weight excluding hydrogens is 263 g/mol. The molecule has 0 saturated heterocycles. The molecule has 74 valence electrons. The van der Waals surface area contributed by atoms with Crippen LogP contribution in [-0.2, 0) is 6.42 Å². The van der Waals surface area contributed by atoms with E-state index in [1.54, 1.807) is 0 Å². The summed E-state index contributed by atoms with van der Waals surface area (Å²) in [6.07, 6.45) is 2.84. The van der Waals surface area contributed by atoms with E-state index in [0.29, 0.717) is 6.54 Å². The summed E-state index contributed by atoms with van der Waals surface area (Å²) < 4.78 is 0.993. The Bertz CT molecular complexity index is 464. The molecule has 1 aromatic heterocycles. The highest BCUT2D eigenvalue weighted by Gasteiger charge is 2.07. The van der Waals surface area contributed by atoms with Crippen LogP contribution >= 0.6 is 27.5 Å². The van der Waals surface area contributed by atoms with E-state index in [0.717, 1.165) is 26.8 Å². The molecule has 0 aliphatic carbocycles. The monoisotopic (exact) mass is 272 g/mol. The molecule has 4 heteroatoms. The van der Waals surface area contributed by atoms with Crippen molar-refractivity contribution < 1.29 is 0 Å². The molecule has 3 N–H and O–H groups in total. The number of hydrogen-bond donors (Lipinski definition) is 2. The number of hydrogen-bond acceptors (Lipinski definition) is 1. The molecule has 0 radical (unpaired) electrons. The largest absolute Gasteiger partial charge is 0.360 e. The number of nitrogens with two attached hydrogens (primary N) is 1. The minimum absolute atomic E-state index is 0.650. The van der Waals surface area contributed by atoms with Crippen molar-refractivity contribution in [1.82, 2.24) is 4.98 Å². The van der Waals surface area contributed by atoms with Crippen LogP contribution in [-0.4, -0.2) is 11.5 Å². The van der Waals surface area contributed by atoms with Gasteiger partial charge in [-0.15, -0.1) is 0 Å². The number of H-pyrrole nitrogens is 1. The molecule has 2 aromatic rings. The molecule has 0 aliphatic rings. The lowest BCUT2D eigenvalue weighted by Crippen LogP contribution is -2.01. The Labute approximate surface area is 95.6 Å². The maximum Gasteiger partial charge on any atom is 0.0658 e. The van der Waals surface area contributed by atoms with Crippen LogP contribution in [0.2, 0.25) is 5.02 Å². The van der Waals surface area contributed by atoms with E-state index in [1.807, 2.05) is 12.3 Å². The number of aromatic nitrogens is 1. The van der Waals surface area contributed by atoms with Crippen molar-refractivity contribution >= 4 is 38.4 Å². The zero-order valence-electron chi connectivity index (χ0n) is 7.48. The first-order valence-corrected chi connectivity index (χ1v) is 5.54. The highest BCUT2D eigenvalue weighted by Crippen LogP contribution is 2.29. The molecule has 2 rings (SSSR count). The summed E-state index contributed by atoms with van der Waals surface area (Å²) in [4.78, 5) is 3.16. The van der Waals surface area contributed by atoms with Crippen molar-refractivity contribution in [3.8, 4) is 0 Å². The Morgan fingerprint density at radius 1 is 1.43 bits per heavy atom. The minimum Gasteiger partial charge on any atom is -0.360 e. The van der Waals surface area contributed by atoms with Crippen LogP contribution in [0.4, 0.5) is 0 Å². The van der Waals surface area contributed by atoms with Gasteiger partial charge >= 0.3 is 0 Å².